The van der Waals surface area contributed by atoms with E-state index in [1.165, 1.54) is 0 Å². The summed E-state index contributed by atoms with van der Waals surface area (Å²) in [6.45, 7) is 2.37. The van der Waals surface area contributed by atoms with E-state index in [1.807, 2.05) is 6.92 Å². The summed E-state index contributed by atoms with van der Waals surface area (Å²) in [5, 5.41) is 2.51. The maximum atomic E-state index is 13.0. The van der Waals surface area contributed by atoms with Gasteiger partial charge in [-0.25, -0.2) is 8.78 Å². The fourth-order valence-corrected chi connectivity index (χ4v) is 1.01. The molecule has 4 heteroatoms. The lowest BCUT2D eigenvalue weighted by molar-refractivity contribution is 0.0949. The van der Waals surface area contributed by atoms with E-state index in [0.29, 0.717) is 12.6 Å². The highest BCUT2D eigenvalue weighted by Crippen LogP contribution is 2.08. The van der Waals surface area contributed by atoms with Crippen LogP contribution in [0.4, 0.5) is 8.78 Å². The van der Waals surface area contributed by atoms with Gasteiger partial charge in [-0.05, 0) is 18.6 Å². The highest BCUT2D eigenvalue weighted by atomic mass is 19.1. The third-order valence-electron chi connectivity index (χ3n) is 1.71. The smallest absolute Gasteiger partial charge is 0.254 e. The number of rotatable bonds is 3. The zero-order valence-corrected chi connectivity index (χ0v) is 7.81. The Hall–Kier alpha value is -1.45. The number of carbonyl (C=O) groups excluding carboxylic acids is 1. The molecule has 1 amide bonds. The number of halogens is 2. The maximum Gasteiger partial charge on any atom is 0.254 e. The molecular formula is C10H11F2NO. The summed E-state index contributed by atoms with van der Waals surface area (Å²) in [5.41, 5.74) is -0.125. The highest BCUT2D eigenvalue weighted by molar-refractivity contribution is 5.94. The van der Waals surface area contributed by atoms with E-state index in [4.69, 9.17) is 0 Å². The third kappa shape index (κ3) is 2.52. The van der Waals surface area contributed by atoms with Gasteiger partial charge < -0.3 is 5.32 Å². The first-order chi connectivity index (χ1) is 6.65. The van der Waals surface area contributed by atoms with Crippen LogP contribution >= 0.6 is 0 Å². The lowest BCUT2D eigenvalue weighted by Crippen LogP contribution is -2.24. The van der Waals surface area contributed by atoms with Crippen LogP contribution in [0.1, 0.15) is 23.7 Å². The van der Waals surface area contributed by atoms with Crippen molar-refractivity contribution >= 4 is 5.91 Å². The molecule has 1 aromatic carbocycles. The van der Waals surface area contributed by atoms with Crippen LogP contribution < -0.4 is 5.32 Å². The first-order valence-electron chi connectivity index (χ1n) is 4.38. The summed E-state index contributed by atoms with van der Waals surface area (Å²) in [4.78, 5) is 11.3. The number of carbonyl (C=O) groups is 1. The van der Waals surface area contributed by atoms with E-state index in [2.05, 4.69) is 5.32 Å². The minimum atomic E-state index is -0.835. The van der Waals surface area contributed by atoms with Gasteiger partial charge in [0.15, 0.2) is 0 Å². The quantitative estimate of drug-likeness (QED) is 0.793. The van der Waals surface area contributed by atoms with Crippen molar-refractivity contribution in [2.75, 3.05) is 6.54 Å². The molecule has 0 atom stereocenters. The predicted octanol–water partition coefficient (Wildman–Crippen LogP) is 2.10. The van der Waals surface area contributed by atoms with E-state index in [9.17, 15) is 13.6 Å². The van der Waals surface area contributed by atoms with Gasteiger partial charge in [-0.1, -0.05) is 6.92 Å². The maximum absolute atomic E-state index is 13.0. The van der Waals surface area contributed by atoms with E-state index < -0.39 is 17.5 Å². The molecule has 0 saturated carbocycles. The summed E-state index contributed by atoms with van der Waals surface area (Å²) >= 11 is 0. The largest absolute Gasteiger partial charge is 0.352 e. The topological polar surface area (TPSA) is 29.1 Å². The van der Waals surface area contributed by atoms with Crippen molar-refractivity contribution < 1.29 is 13.6 Å². The van der Waals surface area contributed by atoms with Gasteiger partial charge in [-0.3, -0.25) is 4.79 Å². The lowest BCUT2D eigenvalue weighted by Gasteiger charge is -2.04. The average Bonchev–Trinajstić information content (AvgIpc) is 2.14. The van der Waals surface area contributed by atoms with Crippen LogP contribution in [0.3, 0.4) is 0 Å². The third-order valence-corrected chi connectivity index (χ3v) is 1.71. The molecule has 1 N–H and O–H groups in total. The van der Waals surface area contributed by atoms with Crippen molar-refractivity contribution in [3.63, 3.8) is 0 Å². The van der Waals surface area contributed by atoms with Crippen LogP contribution in [0.5, 0.6) is 0 Å². The molecule has 0 heterocycles. The summed E-state index contributed by atoms with van der Waals surface area (Å²) in [7, 11) is 0. The van der Waals surface area contributed by atoms with Crippen LogP contribution in [0.2, 0.25) is 0 Å². The average molecular weight is 199 g/mol. The van der Waals surface area contributed by atoms with Crippen molar-refractivity contribution in [1.29, 1.82) is 0 Å². The van der Waals surface area contributed by atoms with Gasteiger partial charge in [0.2, 0.25) is 0 Å². The van der Waals surface area contributed by atoms with Crippen LogP contribution in [0, 0.1) is 11.6 Å². The Bertz CT molecular complexity index is 339. The number of benzene rings is 1. The Morgan fingerprint density at radius 1 is 1.43 bits per heavy atom. The van der Waals surface area contributed by atoms with E-state index in [0.717, 1.165) is 18.6 Å². The Morgan fingerprint density at radius 2 is 2.14 bits per heavy atom. The van der Waals surface area contributed by atoms with Crippen LogP contribution in [0.25, 0.3) is 0 Å². The van der Waals surface area contributed by atoms with Gasteiger partial charge in [-0.2, -0.15) is 0 Å². The molecular weight excluding hydrogens is 188 g/mol. The van der Waals surface area contributed by atoms with Gasteiger partial charge in [0.05, 0.1) is 5.56 Å². The second-order valence-electron chi connectivity index (χ2n) is 2.88. The SMILES string of the molecule is CCCNC(=O)c1ccc(F)cc1F. The van der Waals surface area contributed by atoms with Crippen molar-refractivity contribution in [2.45, 2.75) is 13.3 Å². The molecule has 0 aromatic heterocycles. The molecule has 0 aliphatic rings. The molecule has 0 aliphatic carbocycles. The van der Waals surface area contributed by atoms with Gasteiger partial charge >= 0.3 is 0 Å². The first-order valence-corrected chi connectivity index (χ1v) is 4.38. The van der Waals surface area contributed by atoms with Crippen LogP contribution in [-0.2, 0) is 0 Å². The zero-order valence-electron chi connectivity index (χ0n) is 7.81. The van der Waals surface area contributed by atoms with Gasteiger partial charge in [0, 0.05) is 12.6 Å². The molecule has 0 bridgehead atoms. The van der Waals surface area contributed by atoms with Crippen molar-refractivity contribution in [3.8, 4) is 0 Å². The molecule has 14 heavy (non-hydrogen) atoms. The van der Waals surface area contributed by atoms with Crippen molar-refractivity contribution in [1.82, 2.24) is 5.32 Å². The minimum absolute atomic E-state index is 0.125. The summed E-state index contributed by atoms with van der Waals surface area (Å²) < 4.78 is 25.5. The van der Waals surface area contributed by atoms with E-state index >= 15 is 0 Å². The number of nitrogens with one attached hydrogen (secondary N) is 1. The Labute approximate surface area is 80.9 Å². The monoisotopic (exact) mass is 199 g/mol. The van der Waals surface area contributed by atoms with E-state index in [-0.39, 0.29) is 5.56 Å². The molecule has 1 aromatic rings. The van der Waals surface area contributed by atoms with Crippen LogP contribution in [0.15, 0.2) is 18.2 Å². The molecule has 0 unspecified atom stereocenters. The molecule has 76 valence electrons. The second-order valence-corrected chi connectivity index (χ2v) is 2.88. The lowest BCUT2D eigenvalue weighted by atomic mass is 10.2. The number of hydrogen-bond donors (Lipinski definition) is 1. The predicted molar refractivity (Wildman–Crippen MR) is 49.0 cm³/mol. The normalized spacial score (nSPS) is 9.93. The Kier molecular flexibility index (Phi) is 3.56. The Balaban J connectivity index is 2.80. The van der Waals surface area contributed by atoms with Gasteiger partial charge in [0.1, 0.15) is 11.6 Å². The molecule has 0 saturated heterocycles. The molecule has 0 aliphatic heterocycles. The summed E-state index contributed by atoms with van der Waals surface area (Å²) in [6, 6.07) is 2.89. The molecule has 0 spiro atoms. The molecule has 2 nitrogen and oxygen atoms in total. The van der Waals surface area contributed by atoms with Crippen LogP contribution in [-0.4, -0.2) is 12.5 Å². The van der Waals surface area contributed by atoms with Crippen molar-refractivity contribution in [3.05, 3.63) is 35.4 Å². The molecule has 0 radical (unpaired) electrons. The van der Waals surface area contributed by atoms with Gasteiger partial charge in [0.25, 0.3) is 5.91 Å². The second kappa shape index (κ2) is 4.69. The standard InChI is InChI=1S/C10H11F2NO/c1-2-5-13-10(14)8-4-3-7(11)6-9(8)12/h3-4,6H,2,5H2,1H3,(H,13,14). The number of hydrogen-bond acceptors (Lipinski definition) is 1. The fourth-order valence-electron chi connectivity index (χ4n) is 1.01. The zero-order chi connectivity index (χ0) is 10.6. The number of amides is 1. The van der Waals surface area contributed by atoms with Gasteiger partial charge in [-0.15, -0.1) is 0 Å². The van der Waals surface area contributed by atoms with E-state index in [1.54, 1.807) is 0 Å². The highest BCUT2D eigenvalue weighted by Gasteiger charge is 2.10. The Morgan fingerprint density at radius 3 is 2.71 bits per heavy atom. The molecule has 1 rings (SSSR count). The fraction of sp³-hybridized carbons (Fsp3) is 0.300. The minimum Gasteiger partial charge on any atom is -0.352 e. The first kappa shape index (κ1) is 10.6. The van der Waals surface area contributed by atoms with Crippen molar-refractivity contribution in [2.24, 2.45) is 0 Å². The summed E-state index contributed by atoms with van der Waals surface area (Å²) in [6.07, 6.45) is 0.772. The molecule has 0 fully saturated rings. The summed E-state index contributed by atoms with van der Waals surface area (Å²) in [5.74, 6) is -2.03.